The van der Waals surface area contributed by atoms with Gasteiger partial charge in [-0.25, -0.2) is 4.79 Å². The molecule has 3 N–H and O–H groups in total. The van der Waals surface area contributed by atoms with E-state index in [1.807, 2.05) is 11.0 Å². The van der Waals surface area contributed by atoms with Crippen LogP contribution in [0.2, 0.25) is 0 Å². The van der Waals surface area contributed by atoms with Crippen LogP contribution in [-0.2, 0) is 6.54 Å². The predicted molar refractivity (Wildman–Crippen MR) is 78.1 cm³/mol. The summed E-state index contributed by atoms with van der Waals surface area (Å²) in [6, 6.07) is 6.63. The van der Waals surface area contributed by atoms with Crippen LogP contribution >= 0.6 is 15.9 Å². The van der Waals surface area contributed by atoms with Gasteiger partial charge in [0.25, 0.3) is 0 Å². The molecule has 0 spiro atoms. The van der Waals surface area contributed by atoms with E-state index in [4.69, 9.17) is 5.73 Å². The first-order valence-corrected chi connectivity index (χ1v) is 7.25. The fourth-order valence-electron chi connectivity index (χ4n) is 2.77. The number of carbonyl (C=O) groups is 1. The Morgan fingerprint density at radius 2 is 2.21 bits per heavy atom. The molecule has 102 valence electrons. The molecular weight excluding hydrogens is 308 g/mol. The molecule has 2 saturated heterocycles. The largest absolute Gasteiger partial charge is 0.368 e. The second-order valence-electron chi connectivity index (χ2n) is 5.00. The predicted octanol–water partition coefficient (Wildman–Crippen LogP) is 1.12. The molecule has 0 saturated carbocycles. The number of nitrogens with two attached hydrogens (primary N) is 1. The molecular formula is C13H17BrN4O. The maximum Gasteiger partial charge on any atom is 0.317 e. The first-order valence-electron chi connectivity index (χ1n) is 6.46. The van der Waals surface area contributed by atoms with Gasteiger partial charge in [0.2, 0.25) is 0 Å². The number of halogens is 1. The van der Waals surface area contributed by atoms with Gasteiger partial charge in [0.05, 0.1) is 6.04 Å². The number of piperazine rings is 1. The van der Waals surface area contributed by atoms with Crippen LogP contribution in [0.25, 0.3) is 0 Å². The summed E-state index contributed by atoms with van der Waals surface area (Å²) in [5.74, 6) is 0. The van der Waals surface area contributed by atoms with E-state index in [2.05, 4.69) is 38.3 Å². The highest BCUT2D eigenvalue weighted by molar-refractivity contribution is 9.10. The number of hydrogen-bond donors (Lipinski definition) is 2. The van der Waals surface area contributed by atoms with Crippen molar-refractivity contribution in [3.63, 3.8) is 0 Å². The second-order valence-corrected chi connectivity index (χ2v) is 5.92. The van der Waals surface area contributed by atoms with E-state index in [9.17, 15) is 4.79 Å². The average Bonchev–Trinajstić information content (AvgIpc) is 2.79. The van der Waals surface area contributed by atoms with E-state index in [1.165, 1.54) is 5.69 Å². The topological polar surface area (TPSA) is 61.6 Å². The molecule has 0 bridgehead atoms. The summed E-state index contributed by atoms with van der Waals surface area (Å²) in [7, 11) is 0. The summed E-state index contributed by atoms with van der Waals surface area (Å²) in [6.07, 6.45) is 0. The molecule has 19 heavy (non-hydrogen) atoms. The van der Waals surface area contributed by atoms with Crippen molar-refractivity contribution in [2.24, 2.45) is 5.73 Å². The number of anilines is 1. The normalized spacial score (nSPS) is 22.4. The number of rotatable bonds is 2. The quantitative estimate of drug-likeness (QED) is 0.857. The van der Waals surface area contributed by atoms with Gasteiger partial charge in [-0.1, -0.05) is 15.9 Å². The minimum Gasteiger partial charge on any atom is -0.368 e. The molecule has 0 aromatic heterocycles. The van der Waals surface area contributed by atoms with Crippen molar-refractivity contribution in [1.82, 2.24) is 10.2 Å². The first kappa shape index (κ1) is 12.7. The zero-order valence-corrected chi connectivity index (χ0v) is 12.2. The highest BCUT2D eigenvalue weighted by atomic mass is 79.9. The van der Waals surface area contributed by atoms with Crippen molar-refractivity contribution in [2.75, 3.05) is 31.1 Å². The van der Waals surface area contributed by atoms with E-state index < -0.39 is 0 Å². The number of hydrogen-bond acceptors (Lipinski definition) is 3. The van der Waals surface area contributed by atoms with Crippen LogP contribution in [-0.4, -0.2) is 43.2 Å². The van der Waals surface area contributed by atoms with E-state index in [-0.39, 0.29) is 12.1 Å². The van der Waals surface area contributed by atoms with E-state index in [0.29, 0.717) is 6.54 Å². The van der Waals surface area contributed by atoms with Gasteiger partial charge in [0.1, 0.15) is 0 Å². The highest BCUT2D eigenvalue weighted by Crippen LogP contribution is 2.26. The summed E-state index contributed by atoms with van der Waals surface area (Å²) in [4.78, 5) is 15.8. The van der Waals surface area contributed by atoms with Gasteiger partial charge in [-0.3, -0.25) is 0 Å². The fourth-order valence-corrected chi connectivity index (χ4v) is 3.30. The third kappa shape index (κ3) is 2.42. The molecule has 0 radical (unpaired) electrons. The second kappa shape index (κ2) is 5.02. The van der Waals surface area contributed by atoms with Gasteiger partial charge >= 0.3 is 6.03 Å². The number of benzene rings is 1. The molecule has 2 aliphatic heterocycles. The number of amides is 2. The average molecular weight is 325 g/mol. The Labute approximate surface area is 120 Å². The lowest BCUT2D eigenvalue weighted by molar-refractivity contribution is 0.197. The first-order chi connectivity index (χ1) is 9.17. The molecule has 2 fully saturated rings. The molecule has 1 aromatic rings. The molecule has 1 atom stereocenters. The molecule has 3 rings (SSSR count). The number of nitrogens with zero attached hydrogens (tertiary/aromatic N) is 2. The van der Waals surface area contributed by atoms with Crippen LogP contribution < -0.4 is 16.0 Å². The van der Waals surface area contributed by atoms with Gasteiger partial charge in [-0.2, -0.15) is 0 Å². The van der Waals surface area contributed by atoms with Crippen molar-refractivity contribution in [3.8, 4) is 0 Å². The van der Waals surface area contributed by atoms with Crippen LogP contribution in [0.1, 0.15) is 5.56 Å². The number of urea groups is 1. The summed E-state index contributed by atoms with van der Waals surface area (Å²) in [6.45, 7) is 3.80. The van der Waals surface area contributed by atoms with Gasteiger partial charge in [0, 0.05) is 42.9 Å². The summed E-state index contributed by atoms with van der Waals surface area (Å²) in [5.41, 5.74) is 8.01. The third-order valence-electron chi connectivity index (χ3n) is 3.78. The van der Waals surface area contributed by atoms with Crippen LogP contribution in [0.15, 0.2) is 22.7 Å². The molecule has 2 amide bonds. The van der Waals surface area contributed by atoms with E-state index >= 15 is 0 Å². The standard InChI is InChI=1S/C13H17BrN4O/c14-10-3-9(6-15)4-11(5-10)17-1-2-18-12(8-17)7-16-13(18)19/h3-5,12H,1-2,6-8,15H2,(H,16,19). The van der Waals surface area contributed by atoms with Gasteiger partial charge in [-0.15, -0.1) is 0 Å². The van der Waals surface area contributed by atoms with Crippen LogP contribution in [0, 0.1) is 0 Å². The van der Waals surface area contributed by atoms with Gasteiger partial charge < -0.3 is 20.9 Å². The third-order valence-corrected chi connectivity index (χ3v) is 4.23. The summed E-state index contributed by atoms with van der Waals surface area (Å²) in [5, 5.41) is 2.90. The summed E-state index contributed by atoms with van der Waals surface area (Å²) >= 11 is 3.53. The van der Waals surface area contributed by atoms with Gasteiger partial charge in [0.15, 0.2) is 0 Å². The molecule has 1 unspecified atom stereocenters. The SMILES string of the molecule is NCc1cc(Br)cc(N2CCN3C(=O)NCC3C2)c1. The maximum atomic E-state index is 11.6. The van der Waals surface area contributed by atoms with Crippen LogP contribution in [0.3, 0.4) is 0 Å². The Kier molecular flexibility index (Phi) is 3.36. The van der Waals surface area contributed by atoms with Crippen LogP contribution in [0.4, 0.5) is 10.5 Å². The number of nitrogens with one attached hydrogen (secondary N) is 1. The lowest BCUT2D eigenvalue weighted by Crippen LogP contribution is -2.52. The lowest BCUT2D eigenvalue weighted by atomic mass is 10.1. The zero-order chi connectivity index (χ0) is 13.4. The summed E-state index contributed by atoms with van der Waals surface area (Å²) < 4.78 is 1.05. The monoisotopic (exact) mass is 324 g/mol. The van der Waals surface area contributed by atoms with Crippen LogP contribution in [0.5, 0.6) is 0 Å². The van der Waals surface area contributed by atoms with E-state index in [1.54, 1.807) is 0 Å². The van der Waals surface area contributed by atoms with Crippen molar-refractivity contribution in [3.05, 3.63) is 28.2 Å². The smallest absolute Gasteiger partial charge is 0.317 e. The molecule has 1 aromatic carbocycles. The molecule has 0 aliphatic carbocycles. The van der Waals surface area contributed by atoms with E-state index in [0.717, 1.165) is 36.2 Å². The van der Waals surface area contributed by atoms with Gasteiger partial charge in [-0.05, 0) is 23.8 Å². The number of carbonyl (C=O) groups excluding carboxylic acids is 1. The molecule has 6 heteroatoms. The highest BCUT2D eigenvalue weighted by Gasteiger charge is 2.35. The Morgan fingerprint density at radius 3 is 3.00 bits per heavy atom. The molecule has 2 heterocycles. The minimum absolute atomic E-state index is 0.0709. The van der Waals surface area contributed by atoms with Crippen molar-refractivity contribution >= 4 is 27.6 Å². The molecule has 5 nitrogen and oxygen atoms in total. The molecule has 2 aliphatic rings. The Balaban J connectivity index is 1.80. The van der Waals surface area contributed by atoms with Crippen molar-refractivity contribution in [2.45, 2.75) is 12.6 Å². The Hall–Kier alpha value is -1.27. The fraction of sp³-hybridized carbons (Fsp3) is 0.462. The lowest BCUT2D eigenvalue weighted by Gasteiger charge is -2.38. The maximum absolute atomic E-state index is 11.6. The zero-order valence-electron chi connectivity index (χ0n) is 10.6. The number of fused-ring (bicyclic) bond motifs is 1. The van der Waals surface area contributed by atoms with Crippen molar-refractivity contribution in [1.29, 1.82) is 0 Å². The Morgan fingerprint density at radius 1 is 1.37 bits per heavy atom. The van der Waals surface area contributed by atoms with Crippen molar-refractivity contribution < 1.29 is 4.79 Å². The Bertz CT molecular complexity index is 507. The minimum atomic E-state index is 0.0709.